The maximum atomic E-state index is 12.5. The standard InChI is InChI=1S/C17H18N10O/c1-10-12(8-18-21-10)15-20-16(27(23-15)11-7-19-25(3)9-11)13-6-14-17(28)24(2)4-5-26(14)22-13/h6-9H,4-5H2,1-3H3,(H,18,21). The van der Waals surface area contributed by atoms with Gasteiger partial charge in [0, 0.05) is 32.4 Å². The lowest BCUT2D eigenvalue weighted by molar-refractivity contribution is 0.0743. The molecule has 0 bridgehead atoms. The van der Waals surface area contributed by atoms with Crippen LogP contribution in [-0.4, -0.2) is 68.9 Å². The van der Waals surface area contributed by atoms with Gasteiger partial charge in [0.15, 0.2) is 11.6 Å². The zero-order chi connectivity index (χ0) is 19.4. The number of rotatable bonds is 3. The molecule has 142 valence electrons. The second-order valence-corrected chi connectivity index (χ2v) is 6.82. The van der Waals surface area contributed by atoms with Crippen LogP contribution in [0.4, 0.5) is 0 Å². The molecule has 28 heavy (non-hydrogen) atoms. The van der Waals surface area contributed by atoms with Crippen molar-refractivity contribution < 1.29 is 4.79 Å². The first kappa shape index (κ1) is 16.4. The summed E-state index contributed by atoms with van der Waals surface area (Å²) in [7, 11) is 3.63. The van der Waals surface area contributed by atoms with Crippen LogP contribution in [0.2, 0.25) is 0 Å². The molecule has 0 radical (unpaired) electrons. The Morgan fingerprint density at radius 1 is 1.14 bits per heavy atom. The Kier molecular flexibility index (Phi) is 3.44. The molecule has 0 aliphatic carbocycles. The lowest BCUT2D eigenvalue weighted by Gasteiger charge is -2.22. The number of fused-ring (bicyclic) bond motifs is 1. The highest BCUT2D eigenvalue weighted by atomic mass is 16.2. The average Bonchev–Trinajstić information content (AvgIpc) is 3.43. The summed E-state index contributed by atoms with van der Waals surface area (Å²) in [6.07, 6.45) is 5.25. The van der Waals surface area contributed by atoms with Crippen molar-refractivity contribution in [3.8, 4) is 28.6 Å². The monoisotopic (exact) mass is 378 g/mol. The fourth-order valence-corrected chi connectivity index (χ4v) is 3.28. The van der Waals surface area contributed by atoms with Crippen molar-refractivity contribution >= 4 is 5.91 Å². The molecule has 11 heteroatoms. The molecule has 5 heterocycles. The highest BCUT2D eigenvalue weighted by molar-refractivity contribution is 5.94. The molecule has 1 aliphatic rings. The highest BCUT2D eigenvalue weighted by Crippen LogP contribution is 2.27. The summed E-state index contributed by atoms with van der Waals surface area (Å²) in [5.74, 6) is 1.02. The number of aromatic nitrogens is 9. The minimum absolute atomic E-state index is 0.0525. The molecule has 1 aliphatic heterocycles. The number of aryl methyl sites for hydroxylation is 2. The summed E-state index contributed by atoms with van der Waals surface area (Å²) in [5, 5.41) is 20.5. The second kappa shape index (κ2) is 5.87. The smallest absolute Gasteiger partial charge is 0.271 e. The van der Waals surface area contributed by atoms with Gasteiger partial charge >= 0.3 is 0 Å². The molecule has 0 aromatic carbocycles. The fraction of sp³-hybridized carbons (Fsp3) is 0.294. The first-order chi connectivity index (χ1) is 13.5. The van der Waals surface area contributed by atoms with E-state index in [1.165, 1.54) is 0 Å². The van der Waals surface area contributed by atoms with Gasteiger partial charge in [-0.2, -0.15) is 15.3 Å². The number of aromatic amines is 1. The van der Waals surface area contributed by atoms with Gasteiger partial charge in [-0.1, -0.05) is 0 Å². The molecule has 4 aromatic heterocycles. The van der Waals surface area contributed by atoms with Crippen LogP contribution in [-0.2, 0) is 13.6 Å². The largest absolute Gasteiger partial charge is 0.339 e. The number of nitrogens with one attached hydrogen (secondary N) is 1. The Morgan fingerprint density at radius 2 is 2.00 bits per heavy atom. The van der Waals surface area contributed by atoms with Gasteiger partial charge in [-0.15, -0.1) is 5.10 Å². The number of carbonyl (C=O) groups is 1. The number of hydrogen-bond acceptors (Lipinski definition) is 6. The van der Waals surface area contributed by atoms with Crippen molar-refractivity contribution in [2.45, 2.75) is 13.5 Å². The zero-order valence-corrected chi connectivity index (χ0v) is 15.7. The normalized spacial score (nSPS) is 14.0. The molecule has 5 rings (SSSR count). The van der Waals surface area contributed by atoms with Crippen LogP contribution in [0, 0.1) is 6.92 Å². The van der Waals surface area contributed by atoms with E-state index in [9.17, 15) is 4.79 Å². The number of amides is 1. The summed E-state index contributed by atoms with van der Waals surface area (Å²) >= 11 is 0. The van der Waals surface area contributed by atoms with E-state index in [1.807, 2.05) is 20.2 Å². The summed E-state index contributed by atoms with van der Waals surface area (Å²) in [6, 6.07) is 1.76. The van der Waals surface area contributed by atoms with Gasteiger partial charge in [0.05, 0.1) is 30.7 Å². The minimum atomic E-state index is -0.0525. The van der Waals surface area contributed by atoms with Crippen molar-refractivity contribution in [3.63, 3.8) is 0 Å². The van der Waals surface area contributed by atoms with E-state index in [2.05, 4.69) is 25.5 Å². The molecule has 0 spiro atoms. The molecule has 11 nitrogen and oxygen atoms in total. The molecule has 0 saturated carbocycles. The molecule has 1 amide bonds. The van der Waals surface area contributed by atoms with Gasteiger partial charge in [-0.05, 0) is 6.92 Å². The van der Waals surface area contributed by atoms with E-state index in [1.54, 1.807) is 44.5 Å². The third-order valence-corrected chi connectivity index (χ3v) is 4.84. The fourth-order valence-electron chi connectivity index (χ4n) is 3.28. The van der Waals surface area contributed by atoms with E-state index in [4.69, 9.17) is 4.98 Å². The number of likely N-dealkylation sites (N-methyl/N-ethyl adjacent to an activating group) is 1. The third-order valence-electron chi connectivity index (χ3n) is 4.84. The Morgan fingerprint density at radius 3 is 2.71 bits per heavy atom. The van der Waals surface area contributed by atoms with Crippen molar-refractivity contribution in [1.82, 2.24) is 49.4 Å². The zero-order valence-electron chi connectivity index (χ0n) is 15.7. The SMILES string of the molecule is Cc1[nH]ncc1-c1nc(-c2cc3n(n2)CCN(C)C3=O)n(-c2cnn(C)c2)n1. The van der Waals surface area contributed by atoms with E-state index in [0.29, 0.717) is 36.1 Å². The summed E-state index contributed by atoms with van der Waals surface area (Å²) in [4.78, 5) is 18.9. The second-order valence-electron chi connectivity index (χ2n) is 6.82. The van der Waals surface area contributed by atoms with Crippen LogP contribution in [0.1, 0.15) is 16.2 Å². The molecule has 0 saturated heterocycles. The Labute approximate surface area is 159 Å². The third kappa shape index (κ3) is 2.43. The molecule has 0 atom stereocenters. The van der Waals surface area contributed by atoms with Crippen molar-refractivity contribution in [2.24, 2.45) is 7.05 Å². The first-order valence-corrected chi connectivity index (χ1v) is 8.81. The van der Waals surface area contributed by atoms with E-state index in [-0.39, 0.29) is 5.91 Å². The molecule has 0 unspecified atom stereocenters. The van der Waals surface area contributed by atoms with Gasteiger partial charge in [-0.3, -0.25) is 19.3 Å². The Balaban J connectivity index is 1.68. The Hall–Kier alpha value is -3.76. The number of carbonyl (C=O) groups excluding carboxylic acids is 1. The topological polar surface area (TPSA) is 115 Å². The predicted molar refractivity (Wildman–Crippen MR) is 98.6 cm³/mol. The van der Waals surface area contributed by atoms with E-state index < -0.39 is 0 Å². The van der Waals surface area contributed by atoms with Crippen molar-refractivity contribution in [2.75, 3.05) is 13.6 Å². The van der Waals surface area contributed by atoms with Gasteiger partial charge in [0.25, 0.3) is 5.91 Å². The van der Waals surface area contributed by atoms with Crippen molar-refractivity contribution in [3.05, 3.63) is 36.0 Å². The number of hydrogen-bond donors (Lipinski definition) is 1. The molecule has 4 aromatic rings. The average molecular weight is 378 g/mol. The van der Waals surface area contributed by atoms with Crippen LogP contribution in [0.5, 0.6) is 0 Å². The summed E-state index contributed by atoms with van der Waals surface area (Å²) in [6.45, 7) is 3.19. The molecular weight excluding hydrogens is 360 g/mol. The van der Waals surface area contributed by atoms with Gasteiger partial charge in [0.1, 0.15) is 17.1 Å². The predicted octanol–water partition coefficient (Wildman–Crippen LogP) is 0.648. The maximum Gasteiger partial charge on any atom is 0.271 e. The van der Waals surface area contributed by atoms with Gasteiger partial charge in [-0.25, -0.2) is 9.67 Å². The van der Waals surface area contributed by atoms with Gasteiger partial charge < -0.3 is 4.90 Å². The lowest BCUT2D eigenvalue weighted by Crippen LogP contribution is -2.37. The van der Waals surface area contributed by atoms with Crippen LogP contribution in [0.3, 0.4) is 0 Å². The minimum Gasteiger partial charge on any atom is -0.339 e. The van der Waals surface area contributed by atoms with Crippen LogP contribution >= 0.6 is 0 Å². The van der Waals surface area contributed by atoms with Crippen LogP contribution in [0.15, 0.2) is 24.7 Å². The molecule has 0 fully saturated rings. The van der Waals surface area contributed by atoms with Crippen molar-refractivity contribution in [1.29, 1.82) is 0 Å². The molecular formula is C17H18N10O. The Bertz CT molecular complexity index is 1190. The summed E-state index contributed by atoms with van der Waals surface area (Å²) < 4.78 is 5.11. The number of H-pyrrole nitrogens is 1. The summed E-state index contributed by atoms with van der Waals surface area (Å²) in [5.41, 5.74) is 3.57. The highest BCUT2D eigenvalue weighted by Gasteiger charge is 2.27. The lowest BCUT2D eigenvalue weighted by atomic mass is 10.2. The van der Waals surface area contributed by atoms with E-state index >= 15 is 0 Å². The number of nitrogens with zero attached hydrogens (tertiary/aromatic N) is 9. The maximum absolute atomic E-state index is 12.5. The molecule has 1 N–H and O–H groups in total. The first-order valence-electron chi connectivity index (χ1n) is 8.81. The van der Waals surface area contributed by atoms with E-state index in [0.717, 1.165) is 16.9 Å². The quantitative estimate of drug-likeness (QED) is 0.560. The van der Waals surface area contributed by atoms with Crippen LogP contribution in [0.25, 0.3) is 28.6 Å². The van der Waals surface area contributed by atoms with Crippen LogP contribution < -0.4 is 0 Å². The van der Waals surface area contributed by atoms with Gasteiger partial charge in [0.2, 0.25) is 0 Å².